The molecule has 1 saturated heterocycles. The molecule has 0 bridgehead atoms. The summed E-state index contributed by atoms with van der Waals surface area (Å²) in [4.78, 5) is 25.4. The SMILES string of the molecule is C=C(/C=C/c1ccccc1)O[C@H]1[C@H](OC(=O)c2cc(O)c(O)c(O)c2)O[C@H](COC(=O)c2cc(O)c(O)c(O)c2)[C@@H](O)[C@@H]1O. The van der Waals surface area contributed by atoms with Crippen molar-refractivity contribution in [1.82, 2.24) is 0 Å². The van der Waals surface area contributed by atoms with Crippen LogP contribution in [0.4, 0.5) is 0 Å². The Bertz CT molecular complexity index is 1520. The van der Waals surface area contributed by atoms with E-state index in [2.05, 4.69) is 6.58 Å². The minimum Gasteiger partial charge on any atom is -0.504 e. The highest BCUT2D eigenvalue weighted by Gasteiger charge is 2.48. The van der Waals surface area contributed by atoms with Crippen LogP contribution in [0.2, 0.25) is 0 Å². The number of ether oxygens (including phenoxy) is 4. The first-order valence-corrected chi connectivity index (χ1v) is 12.8. The van der Waals surface area contributed by atoms with Gasteiger partial charge >= 0.3 is 11.9 Å². The smallest absolute Gasteiger partial charge is 0.340 e. The van der Waals surface area contributed by atoms with Gasteiger partial charge < -0.3 is 59.8 Å². The minimum atomic E-state index is -1.82. The average molecular weight is 613 g/mol. The zero-order valence-corrected chi connectivity index (χ0v) is 22.7. The lowest BCUT2D eigenvalue weighted by atomic mass is 9.99. The number of aliphatic hydroxyl groups excluding tert-OH is 2. The molecule has 3 aromatic rings. The number of benzene rings is 3. The van der Waals surface area contributed by atoms with Crippen LogP contribution in [0.3, 0.4) is 0 Å². The molecule has 44 heavy (non-hydrogen) atoms. The molecule has 14 nitrogen and oxygen atoms in total. The Morgan fingerprint density at radius 1 is 0.773 bits per heavy atom. The molecule has 0 aliphatic carbocycles. The normalized spacial score (nSPS) is 21.5. The van der Waals surface area contributed by atoms with E-state index in [1.165, 1.54) is 6.08 Å². The molecule has 0 unspecified atom stereocenters. The van der Waals surface area contributed by atoms with Crippen molar-refractivity contribution < 1.29 is 69.4 Å². The maximum absolute atomic E-state index is 12.9. The van der Waals surface area contributed by atoms with Crippen molar-refractivity contribution in [1.29, 1.82) is 0 Å². The molecule has 1 aliphatic heterocycles. The molecule has 0 aromatic heterocycles. The van der Waals surface area contributed by atoms with Gasteiger partial charge in [0.05, 0.1) is 11.1 Å². The van der Waals surface area contributed by atoms with Crippen LogP contribution < -0.4 is 0 Å². The summed E-state index contributed by atoms with van der Waals surface area (Å²) in [6.45, 7) is 3.00. The van der Waals surface area contributed by atoms with Gasteiger partial charge in [-0.15, -0.1) is 0 Å². The third kappa shape index (κ3) is 7.12. The van der Waals surface area contributed by atoms with Gasteiger partial charge in [0.2, 0.25) is 6.29 Å². The van der Waals surface area contributed by atoms with Crippen molar-refractivity contribution in [2.75, 3.05) is 6.61 Å². The van der Waals surface area contributed by atoms with Crippen LogP contribution in [-0.4, -0.2) is 90.1 Å². The summed E-state index contributed by atoms with van der Waals surface area (Å²) in [7, 11) is 0. The molecule has 14 heteroatoms. The van der Waals surface area contributed by atoms with E-state index in [4.69, 9.17) is 18.9 Å². The number of hydrogen-bond acceptors (Lipinski definition) is 14. The molecule has 8 N–H and O–H groups in total. The summed E-state index contributed by atoms with van der Waals surface area (Å²) in [5, 5.41) is 79.7. The second-order valence-electron chi connectivity index (χ2n) is 9.55. The van der Waals surface area contributed by atoms with Crippen molar-refractivity contribution in [2.45, 2.75) is 30.7 Å². The second kappa shape index (κ2) is 13.2. The van der Waals surface area contributed by atoms with E-state index in [0.29, 0.717) is 0 Å². The van der Waals surface area contributed by atoms with Crippen LogP contribution in [0.25, 0.3) is 6.08 Å². The van der Waals surface area contributed by atoms with Gasteiger partial charge in [0, 0.05) is 0 Å². The van der Waals surface area contributed by atoms with E-state index in [-0.39, 0.29) is 11.3 Å². The number of carbonyl (C=O) groups excluding carboxylic acids is 2. The van der Waals surface area contributed by atoms with Crippen LogP contribution in [0.1, 0.15) is 26.3 Å². The van der Waals surface area contributed by atoms with E-state index in [1.54, 1.807) is 30.3 Å². The van der Waals surface area contributed by atoms with Gasteiger partial charge in [-0.05, 0) is 35.9 Å². The average Bonchev–Trinajstić information content (AvgIpc) is 3.00. The number of esters is 2. The van der Waals surface area contributed by atoms with Gasteiger partial charge in [-0.2, -0.15) is 0 Å². The fourth-order valence-electron chi connectivity index (χ4n) is 4.09. The molecular formula is C30H28O14. The maximum Gasteiger partial charge on any atom is 0.340 e. The van der Waals surface area contributed by atoms with Gasteiger partial charge in [-0.25, -0.2) is 9.59 Å². The number of phenols is 6. The standard InChI is InChI=1S/C30H28O14/c1-14(7-8-15-5-3-2-4-6-15)42-27-26(38)25(37)22(13-41-28(39)16-9-18(31)23(35)19(32)10-16)43-30(27)44-29(40)17-11-20(33)24(36)21(34)12-17/h2-12,22,25-27,30-38H,1,13H2/b8-7+/t22-,25-,26+,27-,30+/m1/s1. The zero-order chi connectivity index (χ0) is 32.1. The second-order valence-corrected chi connectivity index (χ2v) is 9.55. The van der Waals surface area contributed by atoms with E-state index in [1.807, 2.05) is 6.07 Å². The molecule has 232 valence electrons. The number of aliphatic hydroxyl groups is 2. The minimum absolute atomic E-state index is 0.0357. The molecular weight excluding hydrogens is 584 g/mol. The molecule has 0 radical (unpaired) electrons. The van der Waals surface area contributed by atoms with Crippen LogP contribution in [0.15, 0.2) is 73.0 Å². The summed E-state index contributed by atoms with van der Waals surface area (Å²) in [6, 6.07) is 12.2. The number of allylic oxidation sites excluding steroid dienone is 1. The van der Waals surface area contributed by atoms with Gasteiger partial charge in [-0.3, -0.25) is 0 Å². The quantitative estimate of drug-likeness (QED) is 0.0747. The summed E-state index contributed by atoms with van der Waals surface area (Å²) >= 11 is 0. The van der Waals surface area contributed by atoms with Crippen molar-refractivity contribution in [3.8, 4) is 34.5 Å². The van der Waals surface area contributed by atoms with Gasteiger partial charge in [0.1, 0.15) is 30.7 Å². The van der Waals surface area contributed by atoms with Crippen molar-refractivity contribution in [2.24, 2.45) is 0 Å². The Morgan fingerprint density at radius 2 is 1.30 bits per heavy atom. The first-order valence-electron chi connectivity index (χ1n) is 12.8. The molecule has 4 rings (SSSR count). The third-order valence-electron chi connectivity index (χ3n) is 6.41. The third-order valence-corrected chi connectivity index (χ3v) is 6.41. The summed E-state index contributed by atoms with van der Waals surface area (Å²) in [5.41, 5.74) is -0.0236. The van der Waals surface area contributed by atoms with Crippen LogP contribution in [0.5, 0.6) is 34.5 Å². The number of hydrogen-bond donors (Lipinski definition) is 8. The van der Waals surface area contributed by atoms with Gasteiger partial charge in [0.15, 0.2) is 40.6 Å². The van der Waals surface area contributed by atoms with Crippen molar-refractivity contribution >= 4 is 18.0 Å². The van der Waals surface area contributed by atoms with Crippen molar-refractivity contribution in [3.05, 3.63) is 89.7 Å². The van der Waals surface area contributed by atoms with Gasteiger partial charge in [0.25, 0.3) is 0 Å². The first-order chi connectivity index (χ1) is 20.8. The number of rotatable bonds is 9. The molecule has 1 fully saturated rings. The van der Waals surface area contributed by atoms with E-state index in [0.717, 1.165) is 29.8 Å². The lowest BCUT2D eigenvalue weighted by Gasteiger charge is -2.41. The van der Waals surface area contributed by atoms with Gasteiger partial charge in [-0.1, -0.05) is 43.0 Å². The Kier molecular flexibility index (Phi) is 9.48. The maximum atomic E-state index is 12.9. The number of carbonyl (C=O) groups is 2. The number of aromatic hydroxyl groups is 6. The van der Waals surface area contributed by atoms with Crippen LogP contribution >= 0.6 is 0 Å². The molecule has 5 atom stereocenters. The zero-order valence-electron chi connectivity index (χ0n) is 22.7. The summed E-state index contributed by atoms with van der Waals surface area (Å²) in [6.07, 6.45) is -5.45. The largest absolute Gasteiger partial charge is 0.504 e. The fourth-order valence-corrected chi connectivity index (χ4v) is 4.09. The molecule has 0 spiro atoms. The Balaban J connectivity index is 1.54. The van der Waals surface area contributed by atoms with E-state index in [9.17, 15) is 50.4 Å². The van der Waals surface area contributed by atoms with E-state index >= 15 is 0 Å². The lowest BCUT2D eigenvalue weighted by molar-refractivity contribution is -0.287. The summed E-state index contributed by atoms with van der Waals surface area (Å²) in [5.74, 6) is -7.39. The van der Waals surface area contributed by atoms with Crippen LogP contribution in [0, 0.1) is 0 Å². The van der Waals surface area contributed by atoms with Crippen molar-refractivity contribution in [3.63, 3.8) is 0 Å². The Hall–Kier alpha value is -5.44. The lowest BCUT2D eigenvalue weighted by Crippen LogP contribution is -2.60. The Morgan fingerprint density at radius 3 is 1.84 bits per heavy atom. The topological polar surface area (TPSA) is 233 Å². The highest BCUT2D eigenvalue weighted by atomic mass is 16.7. The highest BCUT2D eigenvalue weighted by molar-refractivity contribution is 5.91. The summed E-state index contributed by atoms with van der Waals surface area (Å²) < 4.78 is 21.7. The first kappa shape index (κ1) is 31.5. The molecule has 1 heterocycles. The molecule has 0 saturated carbocycles. The monoisotopic (exact) mass is 612 g/mol. The highest BCUT2D eigenvalue weighted by Crippen LogP contribution is 2.37. The fraction of sp³-hybridized carbons (Fsp3) is 0.200. The molecule has 0 amide bonds. The molecule has 1 aliphatic rings. The number of phenolic OH excluding ortho intramolecular Hbond substituents is 6. The predicted octanol–water partition coefficient (Wildman–Crippen LogP) is 1.99. The predicted molar refractivity (Wildman–Crippen MR) is 149 cm³/mol. The Labute approximate surface area is 249 Å². The van der Waals surface area contributed by atoms with Crippen LogP contribution in [-0.2, 0) is 18.9 Å². The van der Waals surface area contributed by atoms with E-state index < -0.39 is 89.3 Å². The molecule has 3 aromatic carbocycles.